The van der Waals surface area contributed by atoms with E-state index in [2.05, 4.69) is 20.5 Å². The van der Waals surface area contributed by atoms with Crippen LogP contribution in [0.5, 0.6) is 11.5 Å². The smallest absolute Gasteiger partial charge is 0.257 e. The van der Waals surface area contributed by atoms with E-state index in [4.69, 9.17) is 14.2 Å². The number of morpholine rings is 1. The molecule has 0 bridgehead atoms. The molecule has 8 nitrogen and oxygen atoms in total. The molecule has 0 spiro atoms. The van der Waals surface area contributed by atoms with E-state index in [0.29, 0.717) is 42.8 Å². The molecule has 2 aliphatic heterocycles. The zero-order chi connectivity index (χ0) is 21.5. The summed E-state index contributed by atoms with van der Waals surface area (Å²) in [5.74, 6) is 1.57. The largest absolute Gasteiger partial charge is 0.486 e. The van der Waals surface area contributed by atoms with Crippen molar-refractivity contribution < 1.29 is 19.0 Å². The summed E-state index contributed by atoms with van der Waals surface area (Å²) < 4.78 is 16.6. The van der Waals surface area contributed by atoms with Crippen molar-refractivity contribution in [2.24, 2.45) is 4.99 Å². The molecular formula is C23H28N4O4. The van der Waals surface area contributed by atoms with E-state index in [1.54, 1.807) is 12.1 Å². The van der Waals surface area contributed by atoms with Crippen LogP contribution in [0.25, 0.3) is 0 Å². The molecule has 0 radical (unpaired) electrons. The first kappa shape index (κ1) is 21.1. The number of rotatable bonds is 5. The maximum absolute atomic E-state index is 12.8. The summed E-state index contributed by atoms with van der Waals surface area (Å²) in [6.45, 7) is 7.70. The Kier molecular flexibility index (Phi) is 7.01. The van der Waals surface area contributed by atoms with E-state index in [9.17, 15) is 4.79 Å². The van der Waals surface area contributed by atoms with Crippen LogP contribution in [-0.2, 0) is 4.74 Å². The molecule has 2 heterocycles. The van der Waals surface area contributed by atoms with Gasteiger partial charge in [0.1, 0.15) is 13.2 Å². The van der Waals surface area contributed by atoms with Gasteiger partial charge in [0.05, 0.1) is 19.8 Å². The topological polar surface area (TPSA) is 84.4 Å². The van der Waals surface area contributed by atoms with Crippen LogP contribution in [0.2, 0.25) is 0 Å². The third-order valence-corrected chi connectivity index (χ3v) is 5.14. The molecule has 1 fully saturated rings. The number of anilines is 1. The lowest BCUT2D eigenvalue weighted by molar-refractivity contribution is 0.0394. The number of benzene rings is 2. The van der Waals surface area contributed by atoms with Crippen molar-refractivity contribution >= 4 is 17.6 Å². The second-order valence-electron chi connectivity index (χ2n) is 7.49. The fourth-order valence-electron chi connectivity index (χ4n) is 3.38. The molecule has 0 unspecified atom stereocenters. The molecule has 2 aromatic carbocycles. The highest BCUT2D eigenvalue weighted by Crippen LogP contribution is 2.32. The second kappa shape index (κ2) is 10.3. The number of hydrogen-bond donors (Lipinski definition) is 2. The van der Waals surface area contributed by atoms with Crippen LogP contribution in [0.15, 0.2) is 47.5 Å². The van der Waals surface area contributed by atoms with Crippen LogP contribution in [0.3, 0.4) is 0 Å². The molecule has 0 saturated carbocycles. The number of nitrogens with one attached hydrogen (secondary N) is 2. The van der Waals surface area contributed by atoms with Crippen LogP contribution >= 0.6 is 0 Å². The van der Waals surface area contributed by atoms with Gasteiger partial charge < -0.3 is 19.5 Å². The van der Waals surface area contributed by atoms with Gasteiger partial charge in [-0.1, -0.05) is 17.7 Å². The van der Waals surface area contributed by atoms with Crippen LogP contribution in [0, 0.1) is 6.92 Å². The number of aryl methyl sites for hydroxylation is 1. The summed E-state index contributed by atoms with van der Waals surface area (Å²) in [6.07, 6.45) is 0. The number of amides is 1. The minimum absolute atomic E-state index is 0.213. The molecule has 2 N–H and O–H groups in total. The van der Waals surface area contributed by atoms with E-state index in [1.165, 1.54) is 0 Å². The Morgan fingerprint density at radius 1 is 1.00 bits per heavy atom. The Morgan fingerprint density at radius 2 is 1.74 bits per heavy atom. The zero-order valence-electron chi connectivity index (χ0n) is 17.7. The molecule has 4 rings (SSSR count). The summed E-state index contributed by atoms with van der Waals surface area (Å²) in [5.41, 5.74) is 2.44. The predicted octanol–water partition coefficient (Wildman–Crippen LogP) is 2.30. The normalized spacial score (nSPS) is 16.6. The quantitative estimate of drug-likeness (QED) is 0.566. The minimum atomic E-state index is -0.213. The fraction of sp³-hybridized carbons (Fsp3) is 0.391. The van der Waals surface area contributed by atoms with Crippen molar-refractivity contribution in [2.75, 3.05) is 57.9 Å². The minimum Gasteiger partial charge on any atom is -0.486 e. The number of ether oxygens (including phenoxy) is 3. The molecule has 0 aliphatic carbocycles. The maximum Gasteiger partial charge on any atom is 0.257 e. The standard InChI is InChI=1S/C23H28N4O4/c1-17-2-4-18(5-3-17)22(28)26-23(24-8-9-27-10-12-29-13-11-27)25-19-6-7-20-21(16-19)31-15-14-30-20/h2-7,16H,8-15H2,1H3,(H2,24,25,26,28). The highest BCUT2D eigenvalue weighted by Gasteiger charge is 2.15. The maximum atomic E-state index is 12.8. The third kappa shape index (κ3) is 5.96. The number of guanidine groups is 1. The van der Waals surface area contributed by atoms with Gasteiger partial charge >= 0.3 is 0 Å². The van der Waals surface area contributed by atoms with Gasteiger partial charge in [0.15, 0.2) is 11.5 Å². The Labute approximate surface area is 182 Å². The lowest BCUT2D eigenvalue weighted by Crippen LogP contribution is -2.39. The lowest BCUT2D eigenvalue weighted by Gasteiger charge is -2.25. The summed E-state index contributed by atoms with van der Waals surface area (Å²) in [4.78, 5) is 19.7. The molecule has 0 aromatic heterocycles. The van der Waals surface area contributed by atoms with Crippen LogP contribution in [0.4, 0.5) is 5.69 Å². The van der Waals surface area contributed by atoms with Gasteiger partial charge in [0.2, 0.25) is 5.96 Å². The van der Waals surface area contributed by atoms with Crippen LogP contribution in [-0.4, -0.2) is 69.4 Å². The van der Waals surface area contributed by atoms with Gasteiger partial charge in [-0.05, 0) is 31.2 Å². The molecule has 8 heteroatoms. The van der Waals surface area contributed by atoms with E-state index < -0.39 is 0 Å². The SMILES string of the molecule is Cc1ccc(C(=O)NC(=NCCN2CCOCC2)Nc2ccc3c(c2)OCCO3)cc1. The van der Waals surface area contributed by atoms with E-state index in [0.717, 1.165) is 44.1 Å². The molecule has 0 atom stereocenters. The van der Waals surface area contributed by atoms with Crippen LogP contribution in [0.1, 0.15) is 15.9 Å². The molecule has 164 valence electrons. The van der Waals surface area contributed by atoms with E-state index in [1.807, 2.05) is 37.3 Å². The first-order valence-corrected chi connectivity index (χ1v) is 10.6. The highest BCUT2D eigenvalue weighted by molar-refractivity contribution is 6.10. The molecule has 2 aliphatic rings. The van der Waals surface area contributed by atoms with Gasteiger partial charge in [-0.3, -0.25) is 20.0 Å². The number of aliphatic imine (C=N–C) groups is 1. The van der Waals surface area contributed by atoms with Crippen molar-refractivity contribution in [3.05, 3.63) is 53.6 Å². The Bertz CT molecular complexity index is 924. The summed E-state index contributed by atoms with van der Waals surface area (Å²) in [5, 5.41) is 6.12. The number of fused-ring (bicyclic) bond motifs is 1. The Balaban J connectivity index is 1.46. The van der Waals surface area contributed by atoms with Crippen LogP contribution < -0.4 is 20.1 Å². The average Bonchev–Trinajstić information content (AvgIpc) is 2.80. The fourth-order valence-corrected chi connectivity index (χ4v) is 3.38. The van der Waals surface area contributed by atoms with Crippen molar-refractivity contribution in [3.63, 3.8) is 0 Å². The lowest BCUT2D eigenvalue weighted by atomic mass is 10.1. The van der Waals surface area contributed by atoms with Gasteiger partial charge in [-0.2, -0.15) is 0 Å². The number of carbonyl (C=O) groups excluding carboxylic acids is 1. The van der Waals surface area contributed by atoms with Crippen molar-refractivity contribution in [1.82, 2.24) is 10.2 Å². The average molecular weight is 425 g/mol. The van der Waals surface area contributed by atoms with Gasteiger partial charge in [0, 0.05) is 37.0 Å². The highest BCUT2D eigenvalue weighted by atomic mass is 16.6. The molecule has 31 heavy (non-hydrogen) atoms. The molecule has 1 amide bonds. The van der Waals surface area contributed by atoms with Crippen molar-refractivity contribution in [2.45, 2.75) is 6.92 Å². The Hall–Kier alpha value is -3.10. The van der Waals surface area contributed by atoms with Crippen molar-refractivity contribution in [1.29, 1.82) is 0 Å². The number of nitrogens with zero attached hydrogens (tertiary/aromatic N) is 2. The third-order valence-electron chi connectivity index (χ3n) is 5.14. The first-order chi connectivity index (χ1) is 15.2. The molecule has 1 saturated heterocycles. The van der Waals surface area contributed by atoms with Gasteiger partial charge in [0.25, 0.3) is 5.91 Å². The van der Waals surface area contributed by atoms with Gasteiger partial charge in [-0.25, -0.2) is 0 Å². The van der Waals surface area contributed by atoms with E-state index >= 15 is 0 Å². The number of hydrogen-bond acceptors (Lipinski definition) is 6. The monoisotopic (exact) mass is 424 g/mol. The zero-order valence-corrected chi connectivity index (χ0v) is 17.7. The summed E-state index contributed by atoms with van der Waals surface area (Å²) >= 11 is 0. The van der Waals surface area contributed by atoms with Crippen molar-refractivity contribution in [3.8, 4) is 11.5 Å². The second-order valence-corrected chi connectivity index (χ2v) is 7.49. The molecule has 2 aromatic rings. The van der Waals surface area contributed by atoms with E-state index in [-0.39, 0.29) is 5.91 Å². The Morgan fingerprint density at radius 3 is 2.52 bits per heavy atom. The predicted molar refractivity (Wildman–Crippen MR) is 119 cm³/mol. The number of carbonyl (C=O) groups is 1. The molecular weight excluding hydrogens is 396 g/mol. The first-order valence-electron chi connectivity index (χ1n) is 10.6. The summed E-state index contributed by atoms with van der Waals surface area (Å²) in [6, 6.07) is 13.0. The van der Waals surface area contributed by atoms with Gasteiger partial charge in [-0.15, -0.1) is 0 Å². The summed E-state index contributed by atoms with van der Waals surface area (Å²) in [7, 11) is 0.